The Morgan fingerprint density at radius 1 is 1.05 bits per heavy atom. The number of nitrogens with one attached hydrogen (secondary N) is 1. The fourth-order valence-corrected chi connectivity index (χ4v) is 2.88. The lowest BCUT2D eigenvalue weighted by atomic mass is 10.1. The van der Waals surface area contributed by atoms with Gasteiger partial charge >= 0.3 is 0 Å². The summed E-state index contributed by atoms with van der Waals surface area (Å²) in [7, 11) is 0. The molecule has 1 aromatic heterocycles. The van der Waals surface area contributed by atoms with Crippen LogP contribution in [0.2, 0.25) is 5.02 Å². The number of rotatable bonds is 4. The van der Waals surface area contributed by atoms with Gasteiger partial charge in [0, 0.05) is 16.6 Å². The van der Waals surface area contributed by atoms with Gasteiger partial charge in [-0.05, 0) is 37.1 Å². The maximum Gasteiger partial charge on any atom is 0.247 e. The van der Waals surface area contributed by atoms with E-state index in [0.29, 0.717) is 29.4 Å². The second-order valence-electron chi connectivity index (χ2n) is 5.58. The summed E-state index contributed by atoms with van der Waals surface area (Å²) in [5.41, 5.74) is 0.896. The molecule has 0 atom stereocenters. The first kappa shape index (κ1) is 14.5. The number of hydrogen-bond donors (Lipinski definition) is 1. The summed E-state index contributed by atoms with van der Waals surface area (Å²) in [6.07, 6.45) is 7.85. The van der Waals surface area contributed by atoms with Crippen molar-refractivity contribution in [2.45, 2.75) is 51.1 Å². The van der Waals surface area contributed by atoms with Crippen molar-refractivity contribution in [2.75, 3.05) is 0 Å². The lowest BCUT2D eigenvalue weighted by molar-refractivity contribution is 0.411. The summed E-state index contributed by atoms with van der Waals surface area (Å²) in [5, 5.41) is 12.4. The molecule has 1 saturated carbocycles. The van der Waals surface area contributed by atoms with Crippen molar-refractivity contribution in [3.05, 3.63) is 35.2 Å². The lowest BCUT2D eigenvalue weighted by Gasteiger charge is -2.14. The minimum absolute atomic E-state index is 0.546. The van der Waals surface area contributed by atoms with E-state index in [2.05, 4.69) is 15.5 Å². The van der Waals surface area contributed by atoms with Crippen LogP contribution in [0.5, 0.6) is 0 Å². The van der Waals surface area contributed by atoms with Crippen LogP contribution in [0, 0.1) is 0 Å². The highest BCUT2D eigenvalue weighted by Crippen LogP contribution is 2.21. The van der Waals surface area contributed by atoms with Crippen molar-refractivity contribution in [1.29, 1.82) is 0 Å². The van der Waals surface area contributed by atoms with Crippen LogP contribution < -0.4 is 5.32 Å². The molecule has 1 N–H and O–H groups in total. The fraction of sp³-hybridized carbons (Fsp3) is 0.500. The molecule has 0 saturated heterocycles. The smallest absolute Gasteiger partial charge is 0.247 e. The molecular weight excluding hydrogens is 286 g/mol. The molecule has 1 aliphatic carbocycles. The predicted octanol–water partition coefficient (Wildman–Crippen LogP) is 4.20. The molecule has 0 amide bonds. The summed E-state index contributed by atoms with van der Waals surface area (Å²) >= 11 is 5.88. The highest BCUT2D eigenvalue weighted by Gasteiger charge is 2.14. The number of hydrogen-bond acceptors (Lipinski definition) is 4. The van der Waals surface area contributed by atoms with Crippen molar-refractivity contribution in [3.8, 4) is 11.5 Å². The van der Waals surface area contributed by atoms with Crippen LogP contribution in [0.4, 0.5) is 0 Å². The van der Waals surface area contributed by atoms with Crippen LogP contribution in [0.15, 0.2) is 28.7 Å². The molecule has 0 aliphatic heterocycles. The zero-order chi connectivity index (χ0) is 14.5. The van der Waals surface area contributed by atoms with E-state index in [0.717, 1.165) is 5.56 Å². The van der Waals surface area contributed by atoms with Crippen LogP contribution in [-0.2, 0) is 6.54 Å². The first-order valence-electron chi connectivity index (χ1n) is 7.63. The minimum Gasteiger partial charge on any atom is -0.419 e. The summed E-state index contributed by atoms with van der Waals surface area (Å²) in [6.45, 7) is 0.644. The molecule has 0 unspecified atom stereocenters. The van der Waals surface area contributed by atoms with Gasteiger partial charge < -0.3 is 9.73 Å². The molecule has 3 rings (SSSR count). The maximum atomic E-state index is 5.88. The minimum atomic E-state index is 0.546. The van der Waals surface area contributed by atoms with E-state index in [4.69, 9.17) is 16.0 Å². The average Bonchev–Trinajstić information content (AvgIpc) is 2.81. The zero-order valence-electron chi connectivity index (χ0n) is 12.0. The molecule has 1 aromatic carbocycles. The van der Waals surface area contributed by atoms with Crippen molar-refractivity contribution in [3.63, 3.8) is 0 Å². The average molecular weight is 306 g/mol. The summed E-state index contributed by atoms with van der Waals surface area (Å²) in [5.74, 6) is 1.19. The second kappa shape index (κ2) is 7.05. The monoisotopic (exact) mass is 305 g/mol. The zero-order valence-corrected chi connectivity index (χ0v) is 12.8. The van der Waals surface area contributed by atoms with Gasteiger partial charge in [-0.3, -0.25) is 0 Å². The van der Waals surface area contributed by atoms with Gasteiger partial charge in [-0.2, -0.15) is 0 Å². The summed E-state index contributed by atoms with van der Waals surface area (Å²) < 4.78 is 5.70. The Hall–Kier alpha value is -1.39. The Balaban J connectivity index is 1.58. The first-order chi connectivity index (χ1) is 10.3. The van der Waals surface area contributed by atoms with Crippen LogP contribution in [0.3, 0.4) is 0 Å². The highest BCUT2D eigenvalue weighted by molar-refractivity contribution is 6.30. The molecule has 5 heteroatoms. The number of halogens is 1. The Morgan fingerprint density at radius 3 is 2.48 bits per heavy atom. The number of aromatic nitrogens is 2. The van der Waals surface area contributed by atoms with Crippen molar-refractivity contribution < 1.29 is 4.42 Å². The molecule has 4 nitrogen and oxygen atoms in total. The molecule has 0 bridgehead atoms. The third kappa shape index (κ3) is 4.05. The molecule has 21 heavy (non-hydrogen) atoms. The van der Waals surface area contributed by atoms with Gasteiger partial charge in [0.15, 0.2) is 0 Å². The number of nitrogens with zero attached hydrogens (tertiary/aromatic N) is 2. The predicted molar refractivity (Wildman–Crippen MR) is 83.1 cm³/mol. The van der Waals surface area contributed by atoms with Crippen molar-refractivity contribution in [2.24, 2.45) is 0 Å². The standard InChI is InChI=1S/C16H20ClN3O/c17-13-9-7-12(8-10-13)16-20-19-15(21-16)11-18-14-5-3-1-2-4-6-14/h7-10,14,18H,1-6,11H2. The van der Waals surface area contributed by atoms with Crippen LogP contribution in [0.25, 0.3) is 11.5 Å². The van der Waals surface area contributed by atoms with E-state index in [1.807, 2.05) is 24.3 Å². The molecular formula is C16H20ClN3O. The SMILES string of the molecule is Clc1ccc(-c2nnc(CNC3CCCCCC3)o2)cc1. The third-order valence-corrected chi connectivity index (χ3v) is 4.21. The lowest BCUT2D eigenvalue weighted by Crippen LogP contribution is -2.27. The molecule has 0 radical (unpaired) electrons. The van der Waals surface area contributed by atoms with Crippen LogP contribution in [-0.4, -0.2) is 16.2 Å². The Kier molecular flexibility index (Phi) is 4.88. The van der Waals surface area contributed by atoms with E-state index in [1.54, 1.807) is 0 Å². The van der Waals surface area contributed by atoms with E-state index in [9.17, 15) is 0 Å². The van der Waals surface area contributed by atoms with E-state index in [1.165, 1.54) is 38.5 Å². The maximum absolute atomic E-state index is 5.88. The van der Waals surface area contributed by atoms with Gasteiger partial charge in [0.25, 0.3) is 0 Å². The molecule has 112 valence electrons. The topological polar surface area (TPSA) is 51.0 Å². The van der Waals surface area contributed by atoms with Crippen molar-refractivity contribution >= 4 is 11.6 Å². The molecule has 1 fully saturated rings. The normalized spacial score (nSPS) is 16.8. The van der Waals surface area contributed by atoms with Crippen LogP contribution >= 0.6 is 11.6 Å². The molecule has 1 heterocycles. The first-order valence-corrected chi connectivity index (χ1v) is 8.01. The molecule has 1 aliphatic rings. The highest BCUT2D eigenvalue weighted by atomic mass is 35.5. The second-order valence-corrected chi connectivity index (χ2v) is 6.01. The quantitative estimate of drug-likeness (QED) is 0.860. The molecule has 2 aromatic rings. The number of benzene rings is 1. The van der Waals surface area contributed by atoms with Crippen molar-refractivity contribution in [1.82, 2.24) is 15.5 Å². The van der Waals surface area contributed by atoms with E-state index >= 15 is 0 Å². The van der Waals surface area contributed by atoms with Gasteiger partial charge in [-0.1, -0.05) is 37.3 Å². The largest absolute Gasteiger partial charge is 0.419 e. The Bertz CT molecular complexity index is 559. The van der Waals surface area contributed by atoms with Gasteiger partial charge in [-0.25, -0.2) is 0 Å². The van der Waals surface area contributed by atoms with Gasteiger partial charge in [0.2, 0.25) is 11.8 Å². The summed E-state index contributed by atoms with van der Waals surface area (Å²) in [4.78, 5) is 0. The Labute approximate surface area is 129 Å². The fourth-order valence-electron chi connectivity index (χ4n) is 2.75. The van der Waals surface area contributed by atoms with E-state index in [-0.39, 0.29) is 0 Å². The van der Waals surface area contributed by atoms with E-state index < -0.39 is 0 Å². The third-order valence-electron chi connectivity index (χ3n) is 3.96. The summed E-state index contributed by atoms with van der Waals surface area (Å²) in [6, 6.07) is 8.00. The Morgan fingerprint density at radius 2 is 1.76 bits per heavy atom. The van der Waals surface area contributed by atoms with Gasteiger partial charge in [0.1, 0.15) is 0 Å². The van der Waals surface area contributed by atoms with Gasteiger partial charge in [-0.15, -0.1) is 10.2 Å². The van der Waals surface area contributed by atoms with Crippen LogP contribution in [0.1, 0.15) is 44.4 Å². The van der Waals surface area contributed by atoms with Gasteiger partial charge in [0.05, 0.1) is 6.54 Å². The molecule has 0 spiro atoms.